The van der Waals surface area contributed by atoms with E-state index in [0.717, 1.165) is 12.0 Å². The van der Waals surface area contributed by atoms with Crippen LogP contribution in [-0.4, -0.2) is 29.2 Å². The van der Waals surface area contributed by atoms with Crippen molar-refractivity contribution >= 4 is 23.2 Å². The van der Waals surface area contributed by atoms with Crippen LogP contribution in [0.1, 0.15) is 24.8 Å². The molecule has 20 heavy (non-hydrogen) atoms. The van der Waals surface area contributed by atoms with E-state index in [4.69, 9.17) is 5.11 Å². The van der Waals surface area contributed by atoms with Crippen molar-refractivity contribution < 1.29 is 14.7 Å². The summed E-state index contributed by atoms with van der Waals surface area (Å²) < 4.78 is 0. The molecule has 1 heterocycles. The van der Waals surface area contributed by atoms with E-state index in [1.807, 2.05) is 18.2 Å². The second kappa shape index (κ2) is 6.81. The summed E-state index contributed by atoms with van der Waals surface area (Å²) in [4.78, 5) is 22.9. The number of aryl methyl sites for hydroxylation is 1. The Morgan fingerprint density at radius 3 is 2.95 bits per heavy atom. The SMILES string of the molecule is O=C1CCC(C(=O)Nc2cccc(CCCO)c2)=NN1. The van der Waals surface area contributed by atoms with Crippen molar-refractivity contribution in [3.05, 3.63) is 29.8 Å². The van der Waals surface area contributed by atoms with Gasteiger partial charge in [-0.05, 0) is 30.5 Å². The molecule has 0 atom stereocenters. The van der Waals surface area contributed by atoms with Crippen LogP contribution in [0.15, 0.2) is 29.4 Å². The number of hydrazone groups is 1. The second-order valence-electron chi connectivity index (χ2n) is 4.58. The van der Waals surface area contributed by atoms with E-state index in [-0.39, 0.29) is 24.8 Å². The molecule has 0 saturated heterocycles. The summed E-state index contributed by atoms with van der Waals surface area (Å²) in [6.45, 7) is 0.146. The van der Waals surface area contributed by atoms with Crippen molar-refractivity contribution in [2.24, 2.45) is 5.10 Å². The van der Waals surface area contributed by atoms with E-state index in [1.54, 1.807) is 6.07 Å². The van der Waals surface area contributed by atoms with Gasteiger partial charge in [-0.25, -0.2) is 5.43 Å². The monoisotopic (exact) mass is 275 g/mol. The molecule has 1 aliphatic rings. The molecule has 0 aromatic heterocycles. The van der Waals surface area contributed by atoms with Gasteiger partial charge in [-0.1, -0.05) is 12.1 Å². The topological polar surface area (TPSA) is 90.8 Å². The van der Waals surface area contributed by atoms with Gasteiger partial charge in [0, 0.05) is 25.1 Å². The number of amides is 2. The summed E-state index contributed by atoms with van der Waals surface area (Å²) in [6, 6.07) is 7.47. The summed E-state index contributed by atoms with van der Waals surface area (Å²) in [5.74, 6) is -0.475. The van der Waals surface area contributed by atoms with E-state index in [2.05, 4.69) is 15.8 Å². The molecule has 0 bridgehead atoms. The quantitative estimate of drug-likeness (QED) is 0.743. The Balaban J connectivity index is 1.99. The van der Waals surface area contributed by atoms with E-state index in [0.29, 0.717) is 24.2 Å². The standard InChI is InChI=1S/C14H17N3O3/c18-8-2-4-10-3-1-5-11(9-10)15-14(20)12-6-7-13(19)17-16-12/h1,3,5,9,18H,2,4,6-8H2,(H,15,20)(H,17,19). The van der Waals surface area contributed by atoms with Crippen LogP contribution in [0.4, 0.5) is 5.69 Å². The number of rotatable bonds is 5. The van der Waals surface area contributed by atoms with E-state index >= 15 is 0 Å². The largest absolute Gasteiger partial charge is 0.396 e. The van der Waals surface area contributed by atoms with Crippen LogP contribution in [0.5, 0.6) is 0 Å². The van der Waals surface area contributed by atoms with Crippen LogP contribution in [-0.2, 0) is 16.0 Å². The Morgan fingerprint density at radius 1 is 1.40 bits per heavy atom. The molecule has 0 radical (unpaired) electrons. The zero-order valence-corrected chi connectivity index (χ0v) is 11.1. The fourth-order valence-corrected chi connectivity index (χ4v) is 1.93. The van der Waals surface area contributed by atoms with Crippen molar-refractivity contribution in [1.29, 1.82) is 0 Å². The number of nitrogens with one attached hydrogen (secondary N) is 2. The Labute approximate surface area is 116 Å². The van der Waals surface area contributed by atoms with Crippen LogP contribution in [0.2, 0.25) is 0 Å². The molecular formula is C14H17N3O3. The van der Waals surface area contributed by atoms with Crippen LogP contribution in [0, 0.1) is 0 Å². The first-order valence-electron chi connectivity index (χ1n) is 6.55. The van der Waals surface area contributed by atoms with Gasteiger partial charge in [0.1, 0.15) is 5.71 Å². The highest BCUT2D eigenvalue weighted by molar-refractivity contribution is 6.43. The molecule has 6 heteroatoms. The molecule has 0 unspecified atom stereocenters. The average molecular weight is 275 g/mol. The van der Waals surface area contributed by atoms with Gasteiger partial charge in [0.25, 0.3) is 5.91 Å². The molecule has 1 aromatic rings. The maximum atomic E-state index is 12.0. The highest BCUT2D eigenvalue weighted by atomic mass is 16.3. The van der Waals surface area contributed by atoms with Crippen molar-refractivity contribution in [3.63, 3.8) is 0 Å². The minimum Gasteiger partial charge on any atom is -0.396 e. The number of benzene rings is 1. The molecular weight excluding hydrogens is 258 g/mol. The van der Waals surface area contributed by atoms with Gasteiger partial charge in [0.15, 0.2) is 0 Å². The highest BCUT2D eigenvalue weighted by Crippen LogP contribution is 2.13. The van der Waals surface area contributed by atoms with Gasteiger partial charge in [-0.3, -0.25) is 9.59 Å². The first-order chi connectivity index (χ1) is 9.69. The van der Waals surface area contributed by atoms with Gasteiger partial charge in [0.05, 0.1) is 0 Å². The Morgan fingerprint density at radius 2 is 2.25 bits per heavy atom. The summed E-state index contributed by atoms with van der Waals surface area (Å²) in [7, 11) is 0. The molecule has 0 fully saturated rings. The molecule has 106 valence electrons. The number of carbonyl (C=O) groups is 2. The van der Waals surface area contributed by atoms with Gasteiger partial charge in [0.2, 0.25) is 5.91 Å². The second-order valence-corrected chi connectivity index (χ2v) is 4.58. The number of aliphatic hydroxyl groups excluding tert-OH is 1. The Bertz CT molecular complexity index is 540. The van der Waals surface area contributed by atoms with Gasteiger partial charge >= 0.3 is 0 Å². The van der Waals surface area contributed by atoms with Gasteiger partial charge in [-0.15, -0.1) is 0 Å². The zero-order chi connectivity index (χ0) is 14.4. The van der Waals surface area contributed by atoms with Crippen molar-refractivity contribution in [2.75, 3.05) is 11.9 Å². The number of nitrogens with zero attached hydrogens (tertiary/aromatic N) is 1. The fraction of sp³-hybridized carbons (Fsp3) is 0.357. The maximum absolute atomic E-state index is 12.0. The van der Waals surface area contributed by atoms with Crippen LogP contribution in [0.3, 0.4) is 0 Å². The number of aliphatic hydroxyl groups is 1. The molecule has 0 saturated carbocycles. The number of hydrogen-bond acceptors (Lipinski definition) is 4. The summed E-state index contributed by atoms with van der Waals surface area (Å²) in [5, 5.41) is 15.3. The normalized spacial score (nSPS) is 14.4. The maximum Gasteiger partial charge on any atom is 0.271 e. The molecule has 0 aliphatic carbocycles. The van der Waals surface area contributed by atoms with Crippen molar-refractivity contribution in [2.45, 2.75) is 25.7 Å². The van der Waals surface area contributed by atoms with Crippen molar-refractivity contribution in [1.82, 2.24) is 5.43 Å². The van der Waals surface area contributed by atoms with Crippen LogP contribution < -0.4 is 10.7 Å². The first-order valence-corrected chi connectivity index (χ1v) is 6.55. The molecule has 2 amide bonds. The zero-order valence-electron chi connectivity index (χ0n) is 11.1. The van der Waals surface area contributed by atoms with Crippen LogP contribution >= 0.6 is 0 Å². The lowest BCUT2D eigenvalue weighted by molar-refractivity contribution is -0.121. The van der Waals surface area contributed by atoms with Crippen LogP contribution in [0.25, 0.3) is 0 Å². The predicted octanol–water partition coefficient (Wildman–Crippen LogP) is 0.816. The van der Waals surface area contributed by atoms with Crippen molar-refractivity contribution in [3.8, 4) is 0 Å². The Kier molecular flexibility index (Phi) is 4.84. The van der Waals surface area contributed by atoms with E-state index < -0.39 is 0 Å². The van der Waals surface area contributed by atoms with Gasteiger partial charge < -0.3 is 10.4 Å². The van der Waals surface area contributed by atoms with E-state index in [1.165, 1.54) is 0 Å². The minimum absolute atomic E-state index is 0.146. The molecule has 2 rings (SSSR count). The third-order valence-electron chi connectivity index (χ3n) is 2.97. The third kappa shape index (κ3) is 3.89. The van der Waals surface area contributed by atoms with E-state index in [9.17, 15) is 9.59 Å². The molecule has 0 spiro atoms. The number of anilines is 1. The summed E-state index contributed by atoms with van der Waals surface area (Å²) in [6.07, 6.45) is 2.08. The Hall–Kier alpha value is -2.21. The molecule has 1 aliphatic heterocycles. The smallest absolute Gasteiger partial charge is 0.271 e. The predicted molar refractivity (Wildman–Crippen MR) is 75.3 cm³/mol. The fourth-order valence-electron chi connectivity index (χ4n) is 1.93. The first kappa shape index (κ1) is 14.2. The van der Waals surface area contributed by atoms with Gasteiger partial charge in [-0.2, -0.15) is 5.10 Å². The lowest BCUT2D eigenvalue weighted by atomic mass is 10.1. The minimum atomic E-state index is -0.302. The average Bonchev–Trinajstić information content (AvgIpc) is 2.46. The summed E-state index contributed by atoms with van der Waals surface area (Å²) >= 11 is 0. The highest BCUT2D eigenvalue weighted by Gasteiger charge is 2.18. The molecule has 6 nitrogen and oxygen atoms in total. The lowest BCUT2D eigenvalue weighted by Crippen LogP contribution is -2.32. The number of hydrogen-bond donors (Lipinski definition) is 3. The molecule has 1 aromatic carbocycles. The summed E-state index contributed by atoms with van der Waals surface area (Å²) in [5.41, 5.74) is 4.36. The molecule has 3 N–H and O–H groups in total. The lowest BCUT2D eigenvalue weighted by Gasteiger charge is -2.12. The number of carbonyl (C=O) groups excluding carboxylic acids is 2. The third-order valence-corrected chi connectivity index (χ3v) is 2.97.